The summed E-state index contributed by atoms with van der Waals surface area (Å²) < 4.78 is 42.7. The Bertz CT molecular complexity index is 1480. The Morgan fingerprint density at radius 2 is 1.68 bits per heavy atom. The van der Waals surface area contributed by atoms with E-state index in [0.29, 0.717) is 35.6 Å². The Balaban J connectivity index is 1.53. The first kappa shape index (κ1) is 31.4. The summed E-state index contributed by atoms with van der Waals surface area (Å²) in [4.78, 5) is 40.6. The minimum absolute atomic E-state index is 0.0574. The SMILES string of the molecule is CCC(CC)OC(=O)Oc1ccc(C(=O)NS(=O)(=O)c2ccc(CCNC(=O)c3cc(Cl)ccc3OC)cc2)cn1. The highest BCUT2D eigenvalue weighted by atomic mass is 35.5. The number of methoxy groups -OCH3 is 1. The molecule has 2 N–H and O–H groups in total. The molecule has 2 aromatic carbocycles. The molecule has 0 unspecified atom stereocenters. The first-order chi connectivity index (χ1) is 19.6. The maximum Gasteiger partial charge on any atom is 0.515 e. The molecular weight excluding hydrogens is 574 g/mol. The van der Waals surface area contributed by atoms with Crippen LogP contribution in [0.4, 0.5) is 4.79 Å². The van der Waals surface area contributed by atoms with Gasteiger partial charge in [0.2, 0.25) is 5.88 Å². The number of nitrogens with zero attached hydrogens (tertiary/aromatic N) is 1. The molecular formula is C28H30ClN3O8S. The number of halogens is 1. The fraction of sp³-hybridized carbons (Fsp3) is 0.286. The van der Waals surface area contributed by atoms with Gasteiger partial charge >= 0.3 is 6.16 Å². The van der Waals surface area contributed by atoms with Gasteiger partial charge in [-0.3, -0.25) is 9.59 Å². The molecule has 11 nitrogen and oxygen atoms in total. The van der Waals surface area contributed by atoms with Gasteiger partial charge in [-0.15, -0.1) is 0 Å². The molecule has 1 heterocycles. The van der Waals surface area contributed by atoms with Crippen molar-refractivity contribution in [1.29, 1.82) is 0 Å². The molecule has 0 aliphatic heterocycles. The number of carbonyl (C=O) groups is 3. The molecule has 3 aromatic rings. The molecule has 0 radical (unpaired) electrons. The van der Waals surface area contributed by atoms with E-state index in [1.165, 1.54) is 37.4 Å². The molecule has 41 heavy (non-hydrogen) atoms. The van der Waals surface area contributed by atoms with E-state index in [2.05, 4.69) is 10.3 Å². The second kappa shape index (κ2) is 14.5. The fourth-order valence-corrected chi connectivity index (χ4v) is 4.77. The highest BCUT2D eigenvalue weighted by Gasteiger charge is 2.20. The largest absolute Gasteiger partial charge is 0.515 e. The lowest BCUT2D eigenvalue weighted by Gasteiger charge is -2.13. The number of ether oxygens (including phenoxy) is 3. The zero-order chi connectivity index (χ0) is 30.0. The van der Waals surface area contributed by atoms with E-state index in [-0.39, 0.29) is 34.9 Å². The summed E-state index contributed by atoms with van der Waals surface area (Å²) in [6.45, 7) is 4.03. The molecule has 2 amide bonds. The second-order valence-electron chi connectivity index (χ2n) is 8.72. The first-order valence-corrected chi connectivity index (χ1v) is 14.5. The topological polar surface area (TPSA) is 150 Å². The summed E-state index contributed by atoms with van der Waals surface area (Å²) in [5.74, 6) is -0.978. The number of aromatic nitrogens is 1. The molecule has 0 aliphatic carbocycles. The molecule has 0 atom stereocenters. The number of benzene rings is 2. The summed E-state index contributed by atoms with van der Waals surface area (Å²) in [5.41, 5.74) is 1.00. The zero-order valence-electron chi connectivity index (χ0n) is 22.7. The molecule has 0 bridgehead atoms. The van der Waals surface area contributed by atoms with Crippen molar-refractivity contribution in [1.82, 2.24) is 15.0 Å². The van der Waals surface area contributed by atoms with Gasteiger partial charge in [0.15, 0.2) is 0 Å². The van der Waals surface area contributed by atoms with Gasteiger partial charge in [-0.1, -0.05) is 37.6 Å². The van der Waals surface area contributed by atoms with Crippen LogP contribution in [0, 0.1) is 0 Å². The third-order valence-electron chi connectivity index (χ3n) is 5.93. The predicted octanol–water partition coefficient (Wildman–Crippen LogP) is 4.54. The molecule has 13 heteroatoms. The van der Waals surface area contributed by atoms with Crippen LogP contribution in [0.2, 0.25) is 5.02 Å². The molecule has 218 valence electrons. The monoisotopic (exact) mass is 603 g/mol. The number of nitrogens with one attached hydrogen (secondary N) is 2. The van der Waals surface area contributed by atoms with Gasteiger partial charge in [-0.05, 0) is 61.2 Å². The van der Waals surface area contributed by atoms with Crippen LogP contribution < -0.4 is 19.5 Å². The Kier molecular flexibility index (Phi) is 11.1. The van der Waals surface area contributed by atoms with Gasteiger partial charge in [0.05, 0.1) is 23.1 Å². The van der Waals surface area contributed by atoms with Gasteiger partial charge in [0.1, 0.15) is 11.9 Å². The number of amides is 2. The van der Waals surface area contributed by atoms with Crippen molar-refractivity contribution in [2.24, 2.45) is 0 Å². The lowest BCUT2D eigenvalue weighted by Crippen LogP contribution is -2.30. The van der Waals surface area contributed by atoms with Crippen molar-refractivity contribution in [3.63, 3.8) is 0 Å². The van der Waals surface area contributed by atoms with E-state index in [0.717, 1.165) is 11.8 Å². The first-order valence-electron chi connectivity index (χ1n) is 12.7. The van der Waals surface area contributed by atoms with Gasteiger partial charge in [-0.2, -0.15) is 0 Å². The van der Waals surface area contributed by atoms with Crippen LogP contribution in [-0.2, 0) is 21.2 Å². The third kappa shape index (κ3) is 8.92. The summed E-state index contributed by atoms with van der Waals surface area (Å²) in [7, 11) is -2.73. The van der Waals surface area contributed by atoms with Crippen LogP contribution in [-0.4, -0.2) is 51.1 Å². The summed E-state index contributed by atoms with van der Waals surface area (Å²) in [6, 6.07) is 13.1. The lowest BCUT2D eigenvalue weighted by molar-refractivity contribution is 0.0538. The van der Waals surface area contributed by atoms with Crippen molar-refractivity contribution in [2.45, 2.75) is 44.1 Å². The van der Waals surface area contributed by atoms with Crippen LogP contribution in [0.1, 0.15) is 53.0 Å². The average Bonchev–Trinajstić information content (AvgIpc) is 2.96. The molecule has 0 aliphatic rings. The molecule has 0 fully saturated rings. The summed E-state index contributed by atoms with van der Waals surface area (Å²) in [6.07, 6.45) is 1.58. The normalized spacial score (nSPS) is 11.0. The standard InChI is InChI=1S/C28H30ClN3O8S/c1-4-21(5-2)39-28(35)40-25-13-8-19(17-31-25)26(33)32-41(36,37)22-10-6-18(7-11-22)14-15-30-27(34)23-16-20(29)9-12-24(23)38-3/h6-13,16-17,21H,4-5,14-15H2,1-3H3,(H,30,34)(H,32,33). The maximum absolute atomic E-state index is 12.7. The molecule has 1 aromatic heterocycles. The Hall–Kier alpha value is -4.16. The maximum atomic E-state index is 12.7. The van der Waals surface area contributed by atoms with Crippen LogP contribution >= 0.6 is 11.6 Å². The highest BCUT2D eigenvalue weighted by molar-refractivity contribution is 7.90. The van der Waals surface area contributed by atoms with Crippen molar-refractivity contribution < 1.29 is 37.0 Å². The number of carbonyl (C=O) groups excluding carboxylic acids is 3. The third-order valence-corrected chi connectivity index (χ3v) is 7.51. The van der Waals surface area contributed by atoms with E-state index in [1.807, 2.05) is 18.6 Å². The lowest BCUT2D eigenvalue weighted by atomic mass is 10.1. The van der Waals surface area contributed by atoms with Gasteiger partial charge in [0.25, 0.3) is 21.8 Å². The molecule has 0 saturated carbocycles. The van der Waals surface area contributed by atoms with Crippen LogP contribution in [0.3, 0.4) is 0 Å². The van der Waals surface area contributed by atoms with Gasteiger partial charge < -0.3 is 19.5 Å². The number of hydrogen-bond donors (Lipinski definition) is 2. The van der Waals surface area contributed by atoms with E-state index >= 15 is 0 Å². The van der Waals surface area contributed by atoms with Crippen LogP contribution in [0.25, 0.3) is 0 Å². The van der Waals surface area contributed by atoms with Crippen molar-refractivity contribution in [3.05, 3.63) is 82.5 Å². The number of sulfonamides is 1. The minimum Gasteiger partial charge on any atom is -0.496 e. The number of hydrogen-bond acceptors (Lipinski definition) is 9. The molecule has 0 saturated heterocycles. The Labute approximate surface area is 243 Å². The summed E-state index contributed by atoms with van der Waals surface area (Å²) >= 11 is 5.98. The van der Waals surface area contributed by atoms with Crippen molar-refractivity contribution in [3.8, 4) is 11.6 Å². The van der Waals surface area contributed by atoms with Crippen LogP contribution in [0.15, 0.2) is 65.7 Å². The van der Waals surface area contributed by atoms with Gasteiger partial charge in [0, 0.05) is 23.8 Å². The quantitative estimate of drug-likeness (QED) is 0.284. The Morgan fingerprint density at radius 3 is 2.29 bits per heavy atom. The highest BCUT2D eigenvalue weighted by Crippen LogP contribution is 2.22. The van der Waals surface area contributed by atoms with E-state index < -0.39 is 22.1 Å². The van der Waals surface area contributed by atoms with Gasteiger partial charge in [-0.25, -0.2) is 22.9 Å². The fourth-order valence-electron chi connectivity index (χ4n) is 3.62. The zero-order valence-corrected chi connectivity index (χ0v) is 24.3. The Morgan fingerprint density at radius 1 is 0.976 bits per heavy atom. The van der Waals surface area contributed by atoms with Crippen LogP contribution in [0.5, 0.6) is 11.6 Å². The summed E-state index contributed by atoms with van der Waals surface area (Å²) in [5, 5.41) is 3.17. The minimum atomic E-state index is -4.18. The van der Waals surface area contributed by atoms with E-state index in [9.17, 15) is 22.8 Å². The molecule has 0 spiro atoms. The van der Waals surface area contributed by atoms with Crippen molar-refractivity contribution >= 4 is 39.6 Å². The van der Waals surface area contributed by atoms with Crippen molar-refractivity contribution in [2.75, 3.05) is 13.7 Å². The van der Waals surface area contributed by atoms with E-state index in [1.54, 1.807) is 24.3 Å². The number of rotatable bonds is 12. The molecule has 3 rings (SSSR count). The number of pyridine rings is 1. The average molecular weight is 604 g/mol. The smallest absolute Gasteiger partial charge is 0.496 e. The second-order valence-corrected chi connectivity index (χ2v) is 10.8. The van der Waals surface area contributed by atoms with E-state index in [4.69, 9.17) is 25.8 Å². The predicted molar refractivity (Wildman–Crippen MR) is 151 cm³/mol.